The molecule has 0 unspecified atom stereocenters. The van der Waals surface area contributed by atoms with Crippen LogP contribution in [0.2, 0.25) is 0 Å². The van der Waals surface area contributed by atoms with Gasteiger partial charge in [-0.3, -0.25) is 9.48 Å². The van der Waals surface area contributed by atoms with Gasteiger partial charge in [-0.25, -0.2) is 0 Å². The minimum atomic E-state index is -0.104. The molecule has 1 amide bonds. The second-order valence-corrected chi connectivity index (χ2v) is 5.43. The molecule has 0 bridgehead atoms. The molecule has 24 heavy (non-hydrogen) atoms. The predicted molar refractivity (Wildman–Crippen MR) is 95.1 cm³/mol. The van der Waals surface area contributed by atoms with Crippen LogP contribution in [0.15, 0.2) is 79.1 Å². The van der Waals surface area contributed by atoms with Crippen LogP contribution in [-0.2, 0) is 17.9 Å². The molecule has 0 spiro atoms. The van der Waals surface area contributed by atoms with Crippen molar-refractivity contribution in [2.75, 3.05) is 0 Å². The molecule has 0 saturated heterocycles. The number of rotatable bonds is 6. The molecular formula is C20H19N3O. The Hall–Kier alpha value is -3.14. The molecule has 4 heteroatoms. The fourth-order valence-corrected chi connectivity index (χ4v) is 2.43. The van der Waals surface area contributed by atoms with Crippen molar-refractivity contribution in [3.8, 4) is 0 Å². The van der Waals surface area contributed by atoms with Crippen LogP contribution < -0.4 is 5.32 Å². The first-order valence-corrected chi connectivity index (χ1v) is 7.86. The fourth-order valence-electron chi connectivity index (χ4n) is 2.43. The molecule has 0 saturated carbocycles. The number of hydrogen-bond donors (Lipinski definition) is 1. The van der Waals surface area contributed by atoms with Crippen LogP contribution in [0.4, 0.5) is 0 Å². The highest BCUT2D eigenvalue weighted by Gasteiger charge is 2.04. The molecule has 1 aromatic heterocycles. The zero-order valence-electron chi connectivity index (χ0n) is 13.3. The summed E-state index contributed by atoms with van der Waals surface area (Å²) in [7, 11) is 0. The predicted octanol–water partition coefficient (Wildman–Crippen LogP) is 3.26. The number of nitrogens with one attached hydrogen (secondary N) is 1. The molecule has 4 nitrogen and oxygen atoms in total. The Balaban J connectivity index is 1.60. The van der Waals surface area contributed by atoms with Crippen molar-refractivity contribution in [1.82, 2.24) is 15.1 Å². The fraction of sp³-hybridized carbons (Fsp3) is 0.100. The number of nitrogens with zero attached hydrogens (tertiary/aromatic N) is 2. The number of aromatic nitrogens is 2. The van der Waals surface area contributed by atoms with Crippen molar-refractivity contribution in [3.05, 3.63) is 95.8 Å². The van der Waals surface area contributed by atoms with E-state index in [1.165, 1.54) is 0 Å². The third-order valence-corrected chi connectivity index (χ3v) is 3.69. The second-order valence-electron chi connectivity index (χ2n) is 5.43. The van der Waals surface area contributed by atoms with Gasteiger partial charge in [0.05, 0.1) is 6.54 Å². The lowest BCUT2D eigenvalue weighted by atomic mass is 10.1. The Morgan fingerprint density at radius 3 is 2.50 bits per heavy atom. The van der Waals surface area contributed by atoms with Crippen LogP contribution in [0.1, 0.15) is 16.7 Å². The van der Waals surface area contributed by atoms with Crippen molar-refractivity contribution < 1.29 is 4.79 Å². The molecule has 120 valence electrons. The first-order valence-electron chi connectivity index (χ1n) is 7.86. The minimum absolute atomic E-state index is 0.104. The second kappa shape index (κ2) is 7.92. The molecule has 1 N–H and O–H groups in total. The number of carbonyl (C=O) groups is 1. The van der Waals surface area contributed by atoms with Crippen molar-refractivity contribution in [2.45, 2.75) is 13.1 Å². The van der Waals surface area contributed by atoms with Gasteiger partial charge in [-0.2, -0.15) is 5.10 Å². The maximum atomic E-state index is 12.0. The van der Waals surface area contributed by atoms with E-state index in [-0.39, 0.29) is 5.91 Å². The number of hydrogen-bond acceptors (Lipinski definition) is 2. The maximum absolute atomic E-state index is 12.0. The number of carbonyl (C=O) groups excluding carboxylic acids is 1. The third-order valence-electron chi connectivity index (χ3n) is 3.69. The van der Waals surface area contributed by atoms with E-state index in [0.717, 1.165) is 16.7 Å². The summed E-state index contributed by atoms with van der Waals surface area (Å²) in [6.07, 6.45) is 7.06. The van der Waals surface area contributed by atoms with Gasteiger partial charge in [-0.05, 0) is 28.8 Å². The van der Waals surface area contributed by atoms with E-state index in [1.807, 2.05) is 71.6 Å². The topological polar surface area (TPSA) is 46.9 Å². The number of benzene rings is 2. The Kier molecular flexibility index (Phi) is 5.20. The van der Waals surface area contributed by atoms with Gasteiger partial charge < -0.3 is 5.32 Å². The van der Waals surface area contributed by atoms with Crippen molar-refractivity contribution >= 4 is 12.0 Å². The zero-order chi connectivity index (χ0) is 16.6. The highest BCUT2D eigenvalue weighted by Crippen LogP contribution is 2.10. The average molecular weight is 317 g/mol. The van der Waals surface area contributed by atoms with Gasteiger partial charge >= 0.3 is 0 Å². The molecule has 0 atom stereocenters. The molecule has 0 aliphatic heterocycles. The summed E-state index contributed by atoms with van der Waals surface area (Å²) in [5.74, 6) is -0.104. The van der Waals surface area contributed by atoms with Crippen molar-refractivity contribution in [3.63, 3.8) is 0 Å². The van der Waals surface area contributed by atoms with E-state index < -0.39 is 0 Å². The Morgan fingerprint density at radius 1 is 1.00 bits per heavy atom. The first-order chi connectivity index (χ1) is 11.8. The Morgan fingerprint density at radius 2 is 1.75 bits per heavy atom. The largest absolute Gasteiger partial charge is 0.348 e. The molecule has 3 rings (SSSR count). The van der Waals surface area contributed by atoms with Crippen LogP contribution in [0.5, 0.6) is 0 Å². The summed E-state index contributed by atoms with van der Waals surface area (Å²) in [5, 5.41) is 7.16. The van der Waals surface area contributed by atoms with Crippen LogP contribution >= 0.6 is 0 Å². The summed E-state index contributed by atoms with van der Waals surface area (Å²) in [4.78, 5) is 12.0. The monoisotopic (exact) mass is 317 g/mol. The van der Waals surface area contributed by atoms with Crippen molar-refractivity contribution in [2.24, 2.45) is 0 Å². The lowest BCUT2D eigenvalue weighted by Gasteiger charge is -2.10. The minimum Gasteiger partial charge on any atom is -0.348 e. The van der Waals surface area contributed by atoms with Gasteiger partial charge in [0.25, 0.3) is 0 Å². The standard InChI is InChI=1S/C20H19N3O/c24-20(12-11-17-7-2-1-3-8-17)21-15-18-9-4-5-10-19(18)16-23-14-6-13-22-23/h1-14H,15-16H2,(H,21,24)/b12-11+. The third kappa shape index (κ3) is 4.43. The lowest BCUT2D eigenvalue weighted by molar-refractivity contribution is -0.116. The van der Waals surface area contributed by atoms with E-state index in [4.69, 9.17) is 0 Å². The molecular weight excluding hydrogens is 298 g/mol. The van der Waals surface area contributed by atoms with Gasteiger partial charge in [0.1, 0.15) is 0 Å². The Labute approximate surface area is 141 Å². The van der Waals surface area contributed by atoms with E-state index in [1.54, 1.807) is 12.3 Å². The van der Waals surface area contributed by atoms with E-state index in [9.17, 15) is 4.79 Å². The average Bonchev–Trinajstić information content (AvgIpc) is 3.13. The normalized spacial score (nSPS) is 10.8. The van der Waals surface area contributed by atoms with Crippen LogP contribution in [0.25, 0.3) is 6.08 Å². The van der Waals surface area contributed by atoms with Crippen LogP contribution in [0, 0.1) is 0 Å². The molecule has 0 aliphatic rings. The molecule has 3 aromatic rings. The first kappa shape index (κ1) is 15.7. The highest BCUT2D eigenvalue weighted by atomic mass is 16.1. The van der Waals surface area contributed by atoms with Gasteiger partial charge in [0, 0.05) is 25.0 Å². The summed E-state index contributed by atoms with van der Waals surface area (Å²) < 4.78 is 1.87. The van der Waals surface area contributed by atoms with Crippen LogP contribution in [0.3, 0.4) is 0 Å². The summed E-state index contributed by atoms with van der Waals surface area (Å²) >= 11 is 0. The molecule has 0 fully saturated rings. The summed E-state index contributed by atoms with van der Waals surface area (Å²) in [6.45, 7) is 1.19. The van der Waals surface area contributed by atoms with Gasteiger partial charge in [-0.1, -0.05) is 54.6 Å². The summed E-state index contributed by atoms with van der Waals surface area (Å²) in [5.41, 5.74) is 3.25. The highest BCUT2D eigenvalue weighted by molar-refractivity contribution is 5.91. The molecule has 1 heterocycles. The van der Waals surface area contributed by atoms with E-state index in [0.29, 0.717) is 13.1 Å². The zero-order valence-corrected chi connectivity index (χ0v) is 13.3. The summed E-state index contributed by atoms with van der Waals surface area (Å²) in [6, 6.07) is 19.7. The van der Waals surface area contributed by atoms with Crippen LogP contribution in [-0.4, -0.2) is 15.7 Å². The van der Waals surface area contributed by atoms with Crippen molar-refractivity contribution in [1.29, 1.82) is 0 Å². The molecule has 0 radical (unpaired) electrons. The van der Waals surface area contributed by atoms with E-state index >= 15 is 0 Å². The lowest BCUT2D eigenvalue weighted by Crippen LogP contribution is -2.21. The van der Waals surface area contributed by atoms with Gasteiger partial charge in [0.2, 0.25) is 5.91 Å². The van der Waals surface area contributed by atoms with Gasteiger partial charge in [-0.15, -0.1) is 0 Å². The van der Waals surface area contributed by atoms with Gasteiger partial charge in [0.15, 0.2) is 0 Å². The molecule has 0 aliphatic carbocycles. The maximum Gasteiger partial charge on any atom is 0.244 e. The molecule has 2 aromatic carbocycles. The quantitative estimate of drug-likeness (QED) is 0.709. The number of amides is 1. The smallest absolute Gasteiger partial charge is 0.244 e. The van der Waals surface area contributed by atoms with E-state index in [2.05, 4.69) is 16.5 Å². The SMILES string of the molecule is O=C(/C=C/c1ccccc1)NCc1ccccc1Cn1cccn1. The Bertz CT molecular complexity index is 808.